The van der Waals surface area contributed by atoms with E-state index in [1.807, 2.05) is 72.8 Å². The Hall–Kier alpha value is -11.0. The third-order valence-corrected chi connectivity index (χ3v) is 14.9. The van der Waals surface area contributed by atoms with E-state index in [-0.39, 0.29) is 0 Å². The number of aromatic nitrogens is 9. The van der Waals surface area contributed by atoms with E-state index in [0.717, 1.165) is 89.2 Å². The number of pyridine rings is 2. The van der Waals surface area contributed by atoms with Gasteiger partial charge in [-0.15, -0.1) is 0 Å². The van der Waals surface area contributed by atoms with Crippen LogP contribution in [0.2, 0.25) is 0 Å². The Morgan fingerprint density at radius 1 is 0.212 bits per heavy atom. The van der Waals surface area contributed by atoms with Crippen LogP contribution >= 0.6 is 0 Å². The number of hydrogen-bond donors (Lipinski definition) is 0. The Bertz CT molecular complexity index is 4670. The topological polar surface area (TPSA) is 100 Å². The van der Waals surface area contributed by atoms with Crippen molar-refractivity contribution in [1.29, 1.82) is 0 Å². The lowest BCUT2D eigenvalue weighted by Gasteiger charge is -2.12. The highest BCUT2D eigenvalue weighted by atomic mass is 15.1. The van der Waals surface area contributed by atoms with Crippen molar-refractivity contribution in [1.82, 2.24) is 44.0 Å². The Balaban J connectivity index is 0.748. The maximum absolute atomic E-state index is 5.24. The lowest BCUT2D eigenvalue weighted by Crippen LogP contribution is -2.02. The van der Waals surface area contributed by atoms with Gasteiger partial charge in [0.25, 0.3) is 0 Å². The number of rotatable bonds is 10. The first kappa shape index (κ1) is 46.3. The summed E-state index contributed by atoms with van der Waals surface area (Å²) in [4.78, 5) is 35.0. The van der Waals surface area contributed by atoms with Gasteiger partial charge in [-0.2, -0.15) is 0 Å². The molecule has 0 N–H and O–H groups in total. The van der Waals surface area contributed by atoms with E-state index in [0.29, 0.717) is 34.7 Å². The lowest BCUT2D eigenvalue weighted by molar-refractivity contribution is 1.05. The van der Waals surface area contributed by atoms with Gasteiger partial charge in [-0.3, -0.25) is 4.98 Å². The van der Waals surface area contributed by atoms with Gasteiger partial charge < -0.3 is 9.13 Å². The van der Waals surface area contributed by atoms with Gasteiger partial charge in [0.05, 0.1) is 39.1 Å². The second kappa shape index (κ2) is 19.5. The first-order chi connectivity index (χ1) is 39.6. The van der Waals surface area contributed by atoms with Crippen molar-refractivity contribution in [3.05, 3.63) is 273 Å². The van der Waals surface area contributed by atoms with Crippen LogP contribution in [0, 0.1) is 0 Å². The molecule has 80 heavy (non-hydrogen) atoms. The molecule has 0 aliphatic rings. The molecule has 9 nitrogen and oxygen atoms in total. The fourth-order valence-corrected chi connectivity index (χ4v) is 11.0. The zero-order valence-corrected chi connectivity index (χ0v) is 43.0. The Morgan fingerprint density at radius 2 is 0.625 bits per heavy atom. The molecule has 0 aliphatic carbocycles. The lowest BCUT2D eigenvalue weighted by atomic mass is 10.0. The molecule has 0 spiro atoms. The van der Waals surface area contributed by atoms with Crippen molar-refractivity contribution < 1.29 is 0 Å². The minimum atomic E-state index is 0.456. The number of nitrogens with zero attached hydrogens (tertiary/aromatic N) is 9. The largest absolute Gasteiger partial charge is 0.309 e. The minimum Gasteiger partial charge on any atom is -0.309 e. The van der Waals surface area contributed by atoms with Crippen LogP contribution in [0.3, 0.4) is 0 Å². The van der Waals surface area contributed by atoms with Crippen LogP contribution in [-0.2, 0) is 0 Å². The molecule has 0 radical (unpaired) electrons. The van der Waals surface area contributed by atoms with Gasteiger partial charge in [0.2, 0.25) is 0 Å². The van der Waals surface area contributed by atoms with Crippen LogP contribution in [0.4, 0.5) is 0 Å². The van der Waals surface area contributed by atoms with E-state index in [1.165, 1.54) is 21.8 Å². The zero-order valence-electron chi connectivity index (χ0n) is 43.0. The maximum Gasteiger partial charge on any atom is 0.182 e. The predicted molar refractivity (Wildman–Crippen MR) is 323 cm³/mol. The Labute approximate surface area is 460 Å². The van der Waals surface area contributed by atoms with Crippen molar-refractivity contribution in [3.8, 4) is 102 Å². The molecule has 9 heteroatoms. The van der Waals surface area contributed by atoms with Crippen LogP contribution in [0.15, 0.2) is 273 Å². The molecule has 0 amide bonds. The summed E-state index contributed by atoms with van der Waals surface area (Å²) in [6.07, 6.45) is 1.75. The Morgan fingerprint density at radius 3 is 1.23 bits per heavy atom. The molecule has 0 saturated carbocycles. The average Bonchev–Trinajstić information content (AvgIpc) is 4.07. The minimum absolute atomic E-state index is 0.456. The van der Waals surface area contributed by atoms with Crippen LogP contribution in [-0.4, -0.2) is 44.0 Å². The molecule has 374 valence electrons. The van der Waals surface area contributed by atoms with Gasteiger partial charge in [-0.25, -0.2) is 29.9 Å². The van der Waals surface area contributed by atoms with Crippen molar-refractivity contribution in [2.45, 2.75) is 0 Å². The van der Waals surface area contributed by atoms with Gasteiger partial charge in [-0.05, 0) is 96.1 Å². The normalized spacial score (nSPS) is 11.5. The van der Waals surface area contributed by atoms with Crippen LogP contribution in [0.1, 0.15) is 0 Å². The van der Waals surface area contributed by atoms with E-state index in [2.05, 4.69) is 208 Å². The van der Waals surface area contributed by atoms with Gasteiger partial charge >= 0.3 is 0 Å². The molecule has 0 aliphatic heterocycles. The highest BCUT2D eigenvalue weighted by molar-refractivity contribution is 6.11. The van der Waals surface area contributed by atoms with E-state index in [9.17, 15) is 0 Å². The molecule has 0 bridgehead atoms. The van der Waals surface area contributed by atoms with Gasteiger partial charge in [0, 0.05) is 66.9 Å². The summed E-state index contributed by atoms with van der Waals surface area (Å²) >= 11 is 0. The smallest absolute Gasteiger partial charge is 0.182 e. The molecule has 15 rings (SSSR count). The van der Waals surface area contributed by atoms with Crippen LogP contribution < -0.4 is 0 Å². The summed E-state index contributed by atoms with van der Waals surface area (Å²) in [5.41, 5.74) is 17.6. The van der Waals surface area contributed by atoms with Gasteiger partial charge in [0.15, 0.2) is 23.3 Å². The van der Waals surface area contributed by atoms with Crippen molar-refractivity contribution in [2.24, 2.45) is 0 Å². The molecule has 0 fully saturated rings. The van der Waals surface area contributed by atoms with Crippen molar-refractivity contribution in [2.75, 3.05) is 0 Å². The Kier molecular flexibility index (Phi) is 11.3. The third kappa shape index (κ3) is 8.34. The van der Waals surface area contributed by atoms with E-state index >= 15 is 0 Å². The number of para-hydroxylation sites is 3. The summed E-state index contributed by atoms with van der Waals surface area (Å²) in [5.74, 6) is 2.14. The summed E-state index contributed by atoms with van der Waals surface area (Å²) in [5, 5.41) is 4.75. The summed E-state index contributed by atoms with van der Waals surface area (Å²) in [6, 6.07) is 92.4. The molecule has 15 aromatic rings. The fraction of sp³-hybridized carbons (Fsp3) is 0. The fourth-order valence-electron chi connectivity index (χ4n) is 11.0. The van der Waals surface area contributed by atoms with Crippen molar-refractivity contribution >= 4 is 43.6 Å². The van der Waals surface area contributed by atoms with E-state index < -0.39 is 0 Å². The molecule has 6 aromatic heterocycles. The highest BCUT2D eigenvalue weighted by Crippen LogP contribution is 2.38. The van der Waals surface area contributed by atoms with E-state index in [1.54, 1.807) is 6.20 Å². The maximum atomic E-state index is 5.24. The number of hydrogen-bond acceptors (Lipinski definition) is 7. The van der Waals surface area contributed by atoms with Gasteiger partial charge in [0.1, 0.15) is 11.4 Å². The zero-order chi connectivity index (χ0) is 52.9. The molecule has 6 heterocycles. The summed E-state index contributed by atoms with van der Waals surface area (Å²) in [7, 11) is 0. The second-order valence-electron chi connectivity index (χ2n) is 19.7. The number of fused-ring (bicyclic) bond motifs is 6. The summed E-state index contributed by atoms with van der Waals surface area (Å²) in [6.45, 7) is 0. The van der Waals surface area contributed by atoms with Gasteiger partial charge in [-0.1, -0.05) is 182 Å². The van der Waals surface area contributed by atoms with E-state index in [4.69, 9.17) is 29.9 Å². The summed E-state index contributed by atoms with van der Waals surface area (Å²) < 4.78 is 4.67. The molecule has 0 atom stereocenters. The first-order valence-electron chi connectivity index (χ1n) is 26.6. The molecule has 0 unspecified atom stereocenters. The highest BCUT2D eigenvalue weighted by Gasteiger charge is 2.19. The third-order valence-electron chi connectivity index (χ3n) is 14.9. The number of benzene rings is 9. The quantitative estimate of drug-likeness (QED) is 0.134. The van der Waals surface area contributed by atoms with Crippen LogP contribution in [0.25, 0.3) is 146 Å². The standard InChI is InChI=1S/C71H45N9/c1-3-16-48(17-4-1)62-45-63(75-68(74-62)50-18-5-2-6-19-50)49-35-40-54(41-36-49)80-66-28-12-9-22-57(66)58-44-52(37-42-67(58)80)59-24-15-25-61(73-59)71-77-69(76-70(78-71)60-23-13-14-43-72-60)51-31-29-46(30-32-51)47-33-38-53(39-34-47)79-64-26-10-7-20-55(64)56-21-8-11-27-65(56)79/h1-45H. The monoisotopic (exact) mass is 1020 g/mol. The molecule has 9 aromatic carbocycles. The second-order valence-corrected chi connectivity index (χ2v) is 19.7. The van der Waals surface area contributed by atoms with Crippen LogP contribution in [0.5, 0.6) is 0 Å². The first-order valence-corrected chi connectivity index (χ1v) is 26.6. The molecular weight excluding hydrogens is 979 g/mol. The van der Waals surface area contributed by atoms with Crippen molar-refractivity contribution in [3.63, 3.8) is 0 Å². The predicted octanol–water partition coefficient (Wildman–Crippen LogP) is 17.0. The molecular formula is C71H45N9. The average molecular weight is 1020 g/mol. The molecule has 0 saturated heterocycles. The SMILES string of the molecule is c1ccc(-c2cc(-c3ccc(-n4c5ccccc5c5cc(-c6cccc(-c7nc(-c8ccc(-c9ccc(-n%10c%11ccccc%11c%11ccccc%11%10)cc9)cc8)nc(-c8ccccn8)n7)n6)ccc54)cc3)nc(-c3ccccc3)n2)cc1.